The molecule has 0 aliphatic heterocycles. The van der Waals surface area contributed by atoms with E-state index in [1.54, 1.807) is 18.4 Å². The molecule has 8 heavy (non-hydrogen) atoms. The average Bonchev–Trinajstić information content (AvgIpc) is 2.14. The zero-order chi connectivity index (χ0) is 5.98. The maximum absolute atomic E-state index is 4.95. The van der Waals surface area contributed by atoms with Gasteiger partial charge in [0.25, 0.3) is 0 Å². The third-order valence-corrected chi connectivity index (χ3v) is 2.68. The molecule has 0 aliphatic carbocycles. The fraction of sp³-hybridized carbons (Fsp3) is 0.200. The lowest BCUT2D eigenvalue weighted by molar-refractivity contribution is 0.427. The molecule has 0 N–H and O–H groups in total. The molecule has 0 aliphatic rings. The lowest BCUT2D eigenvalue weighted by atomic mass is 10.7. The maximum Gasteiger partial charge on any atom is 0.174 e. The van der Waals surface area contributed by atoms with Gasteiger partial charge in [0.1, 0.15) is 0 Å². The van der Waals surface area contributed by atoms with Crippen LogP contribution in [0.5, 0.6) is 5.06 Å². The molecule has 0 saturated heterocycles. The Morgan fingerprint density at radius 2 is 2.50 bits per heavy atom. The summed E-state index contributed by atoms with van der Waals surface area (Å²) in [5.41, 5.74) is 0. The molecule has 1 rings (SSSR count). The summed E-state index contributed by atoms with van der Waals surface area (Å²) in [6.45, 7) is 0. The van der Waals surface area contributed by atoms with Crippen molar-refractivity contribution in [3.05, 3.63) is 15.0 Å². The second-order valence-corrected chi connectivity index (χ2v) is 3.41. The Kier molecular flexibility index (Phi) is 2.13. The van der Waals surface area contributed by atoms with Gasteiger partial charge in [0.2, 0.25) is 0 Å². The van der Waals surface area contributed by atoms with E-state index >= 15 is 0 Å². The molecule has 1 nitrogen and oxygen atoms in total. The first-order valence-corrected chi connectivity index (χ1v) is 4.07. The molecule has 0 unspecified atom stereocenters. The molecule has 0 spiro atoms. The fourth-order valence-corrected chi connectivity index (χ4v) is 1.87. The van der Waals surface area contributed by atoms with E-state index < -0.39 is 0 Å². The number of thiophene rings is 1. The third-order valence-electron chi connectivity index (χ3n) is 0.745. The van der Waals surface area contributed by atoms with Crippen LogP contribution in [0.4, 0.5) is 0 Å². The van der Waals surface area contributed by atoms with Gasteiger partial charge in [-0.05, 0) is 22.6 Å². The molecular weight excluding hydrogens is 235 g/mol. The molecule has 0 bridgehead atoms. The summed E-state index contributed by atoms with van der Waals surface area (Å²) in [5.74, 6) is 0. The van der Waals surface area contributed by atoms with Gasteiger partial charge in [-0.1, -0.05) is 0 Å². The van der Waals surface area contributed by atoms with Gasteiger partial charge in [-0.25, -0.2) is 0 Å². The SMILES string of the molecule is COc1cc(I)cs1. The summed E-state index contributed by atoms with van der Waals surface area (Å²) in [5, 5.41) is 3.04. The molecule has 1 aromatic rings. The monoisotopic (exact) mass is 240 g/mol. The Hall–Kier alpha value is 0.230. The van der Waals surface area contributed by atoms with Crippen LogP contribution in [-0.4, -0.2) is 7.11 Å². The average molecular weight is 240 g/mol. The second-order valence-electron chi connectivity index (χ2n) is 1.29. The van der Waals surface area contributed by atoms with E-state index in [0.29, 0.717) is 0 Å². The summed E-state index contributed by atoms with van der Waals surface area (Å²) in [7, 11) is 1.68. The van der Waals surface area contributed by atoms with Gasteiger partial charge in [-0.3, -0.25) is 0 Å². The minimum absolute atomic E-state index is 0.981. The molecule has 0 fully saturated rings. The molecule has 1 heterocycles. The van der Waals surface area contributed by atoms with E-state index in [9.17, 15) is 0 Å². The smallest absolute Gasteiger partial charge is 0.174 e. The lowest BCUT2D eigenvalue weighted by Crippen LogP contribution is -1.73. The van der Waals surface area contributed by atoms with E-state index in [1.165, 1.54) is 3.57 Å². The van der Waals surface area contributed by atoms with Crippen molar-refractivity contribution in [2.24, 2.45) is 0 Å². The molecule has 3 heteroatoms. The van der Waals surface area contributed by atoms with Crippen molar-refractivity contribution < 1.29 is 4.74 Å². The van der Waals surface area contributed by atoms with Crippen LogP contribution in [0.1, 0.15) is 0 Å². The van der Waals surface area contributed by atoms with E-state index in [2.05, 4.69) is 28.0 Å². The number of rotatable bonds is 1. The van der Waals surface area contributed by atoms with Crippen molar-refractivity contribution in [2.45, 2.75) is 0 Å². The molecule has 0 saturated carbocycles. The highest BCUT2D eigenvalue weighted by Crippen LogP contribution is 2.22. The Labute approximate surface area is 65.8 Å². The highest BCUT2D eigenvalue weighted by molar-refractivity contribution is 14.1. The van der Waals surface area contributed by atoms with Gasteiger partial charge in [0.15, 0.2) is 5.06 Å². The summed E-state index contributed by atoms with van der Waals surface area (Å²) < 4.78 is 6.19. The molecule has 0 atom stereocenters. The zero-order valence-corrected chi connectivity index (χ0v) is 7.32. The number of ether oxygens (including phenoxy) is 1. The normalized spacial score (nSPS) is 9.25. The van der Waals surface area contributed by atoms with Crippen molar-refractivity contribution in [3.8, 4) is 5.06 Å². The molecule has 1 aromatic heterocycles. The summed E-state index contributed by atoms with van der Waals surface area (Å²) in [6.07, 6.45) is 0. The van der Waals surface area contributed by atoms with E-state index in [1.807, 2.05) is 6.07 Å². The standard InChI is InChI=1S/C5H5IOS/c1-7-5-2-4(6)3-8-5/h2-3H,1H3. The van der Waals surface area contributed by atoms with Crippen LogP contribution < -0.4 is 4.74 Å². The Bertz CT molecular complexity index is 173. The second kappa shape index (κ2) is 2.68. The van der Waals surface area contributed by atoms with Gasteiger partial charge in [0.05, 0.1) is 7.11 Å². The van der Waals surface area contributed by atoms with Crippen molar-refractivity contribution in [2.75, 3.05) is 7.11 Å². The summed E-state index contributed by atoms with van der Waals surface area (Å²) in [6, 6.07) is 2.01. The molecule has 0 radical (unpaired) electrons. The summed E-state index contributed by atoms with van der Waals surface area (Å²) >= 11 is 3.87. The van der Waals surface area contributed by atoms with Gasteiger partial charge >= 0.3 is 0 Å². The highest BCUT2D eigenvalue weighted by Gasteiger charge is 1.92. The number of methoxy groups -OCH3 is 1. The number of halogens is 1. The van der Waals surface area contributed by atoms with Crippen molar-refractivity contribution >= 4 is 33.9 Å². The molecule has 0 aromatic carbocycles. The van der Waals surface area contributed by atoms with Gasteiger partial charge in [-0.15, -0.1) is 11.3 Å². The quantitative estimate of drug-likeness (QED) is 0.684. The molecule has 0 amide bonds. The maximum atomic E-state index is 4.95. The summed E-state index contributed by atoms with van der Waals surface area (Å²) in [4.78, 5) is 0. The molecular formula is C5H5IOS. The minimum atomic E-state index is 0.981. The largest absolute Gasteiger partial charge is 0.487 e. The minimum Gasteiger partial charge on any atom is -0.487 e. The number of hydrogen-bond donors (Lipinski definition) is 0. The first kappa shape index (κ1) is 6.35. The van der Waals surface area contributed by atoms with Crippen molar-refractivity contribution in [1.82, 2.24) is 0 Å². The van der Waals surface area contributed by atoms with Crippen LogP contribution >= 0.6 is 33.9 Å². The zero-order valence-electron chi connectivity index (χ0n) is 4.35. The first-order chi connectivity index (χ1) is 3.83. The number of hydrogen-bond acceptors (Lipinski definition) is 2. The van der Waals surface area contributed by atoms with E-state index in [0.717, 1.165) is 5.06 Å². The van der Waals surface area contributed by atoms with E-state index in [-0.39, 0.29) is 0 Å². The van der Waals surface area contributed by atoms with Crippen LogP contribution in [-0.2, 0) is 0 Å². The lowest BCUT2D eigenvalue weighted by Gasteiger charge is -1.86. The van der Waals surface area contributed by atoms with Crippen LogP contribution in [0, 0.1) is 3.57 Å². The van der Waals surface area contributed by atoms with Crippen molar-refractivity contribution in [3.63, 3.8) is 0 Å². The Balaban J connectivity index is 2.84. The van der Waals surface area contributed by atoms with E-state index in [4.69, 9.17) is 4.74 Å². The van der Waals surface area contributed by atoms with Gasteiger partial charge < -0.3 is 4.74 Å². The predicted molar refractivity (Wildman–Crippen MR) is 43.6 cm³/mol. The predicted octanol–water partition coefficient (Wildman–Crippen LogP) is 2.36. The third kappa shape index (κ3) is 1.35. The fourth-order valence-electron chi connectivity index (χ4n) is 0.402. The van der Waals surface area contributed by atoms with Crippen LogP contribution in [0.2, 0.25) is 0 Å². The first-order valence-electron chi connectivity index (χ1n) is 2.11. The Morgan fingerprint density at radius 3 is 2.75 bits per heavy atom. The van der Waals surface area contributed by atoms with Gasteiger partial charge in [0, 0.05) is 15.0 Å². The van der Waals surface area contributed by atoms with Crippen LogP contribution in [0.3, 0.4) is 0 Å². The topological polar surface area (TPSA) is 9.23 Å². The van der Waals surface area contributed by atoms with Gasteiger partial charge in [-0.2, -0.15) is 0 Å². The van der Waals surface area contributed by atoms with Crippen LogP contribution in [0.15, 0.2) is 11.4 Å². The Morgan fingerprint density at radius 1 is 1.75 bits per heavy atom. The van der Waals surface area contributed by atoms with Crippen molar-refractivity contribution in [1.29, 1.82) is 0 Å². The highest BCUT2D eigenvalue weighted by atomic mass is 127. The molecule has 44 valence electrons. The van der Waals surface area contributed by atoms with Crippen LogP contribution in [0.25, 0.3) is 0 Å².